The van der Waals surface area contributed by atoms with Crippen LogP contribution in [0.25, 0.3) is 0 Å². The molecule has 1 rings (SSSR count). The molecule has 0 atom stereocenters. The Morgan fingerprint density at radius 2 is 1.79 bits per heavy atom. The van der Waals surface area contributed by atoms with Crippen molar-refractivity contribution < 1.29 is 14.7 Å². The van der Waals surface area contributed by atoms with Crippen molar-refractivity contribution >= 4 is 17.7 Å². The van der Waals surface area contributed by atoms with Crippen LogP contribution in [0, 0.1) is 6.92 Å². The summed E-state index contributed by atoms with van der Waals surface area (Å²) in [7, 11) is 0. The zero-order chi connectivity index (χ0) is 14.7. The SMILES string of the molecule is CCCCCC(N)=O.Cc1ccc(NC(=O)O)cc1. The number of hydrogen-bond acceptors (Lipinski definition) is 2. The number of aryl methyl sites for hydroxylation is 1. The fourth-order valence-corrected chi connectivity index (χ4v) is 1.31. The maximum absolute atomic E-state index is 10.1. The Bertz CT molecular complexity index is 388. The van der Waals surface area contributed by atoms with Crippen LogP contribution >= 0.6 is 0 Å². The van der Waals surface area contributed by atoms with Crippen molar-refractivity contribution in [1.29, 1.82) is 0 Å². The van der Waals surface area contributed by atoms with Crippen LogP contribution in [0.5, 0.6) is 0 Å². The number of benzene rings is 1. The van der Waals surface area contributed by atoms with E-state index in [0.717, 1.165) is 24.8 Å². The third-order valence-corrected chi connectivity index (χ3v) is 2.33. The predicted molar refractivity (Wildman–Crippen MR) is 76.2 cm³/mol. The van der Waals surface area contributed by atoms with Gasteiger partial charge in [-0.15, -0.1) is 0 Å². The molecule has 19 heavy (non-hydrogen) atoms. The van der Waals surface area contributed by atoms with Crippen molar-refractivity contribution in [2.75, 3.05) is 5.32 Å². The van der Waals surface area contributed by atoms with Gasteiger partial charge < -0.3 is 10.8 Å². The molecule has 0 aliphatic heterocycles. The minimum absolute atomic E-state index is 0.182. The van der Waals surface area contributed by atoms with Crippen molar-refractivity contribution in [3.8, 4) is 0 Å². The Kier molecular flexibility index (Phi) is 8.87. The molecule has 0 aliphatic carbocycles. The highest BCUT2D eigenvalue weighted by Gasteiger charge is 1.94. The lowest BCUT2D eigenvalue weighted by Gasteiger charge is -1.99. The van der Waals surface area contributed by atoms with E-state index in [1.807, 2.05) is 19.1 Å². The van der Waals surface area contributed by atoms with Gasteiger partial charge in [0.2, 0.25) is 5.91 Å². The van der Waals surface area contributed by atoms with E-state index in [1.165, 1.54) is 0 Å². The zero-order valence-electron chi connectivity index (χ0n) is 11.5. The van der Waals surface area contributed by atoms with Crippen molar-refractivity contribution in [3.63, 3.8) is 0 Å². The number of hydrogen-bond donors (Lipinski definition) is 3. The Balaban J connectivity index is 0.000000362. The van der Waals surface area contributed by atoms with Gasteiger partial charge in [0.1, 0.15) is 0 Å². The van der Waals surface area contributed by atoms with Gasteiger partial charge in [0.25, 0.3) is 0 Å². The van der Waals surface area contributed by atoms with Gasteiger partial charge >= 0.3 is 6.09 Å². The van der Waals surface area contributed by atoms with Crippen LogP contribution in [-0.2, 0) is 4.79 Å². The van der Waals surface area contributed by atoms with Gasteiger partial charge in [-0.1, -0.05) is 37.5 Å². The highest BCUT2D eigenvalue weighted by atomic mass is 16.4. The molecule has 2 amide bonds. The summed E-state index contributed by atoms with van der Waals surface area (Å²) >= 11 is 0. The molecule has 1 aromatic rings. The molecular formula is C14H22N2O3. The molecule has 0 saturated heterocycles. The Morgan fingerprint density at radius 3 is 2.21 bits per heavy atom. The Hall–Kier alpha value is -2.04. The number of carbonyl (C=O) groups excluding carboxylic acids is 1. The number of anilines is 1. The number of nitrogens with two attached hydrogens (primary N) is 1. The topological polar surface area (TPSA) is 92.4 Å². The van der Waals surface area contributed by atoms with E-state index in [4.69, 9.17) is 10.8 Å². The van der Waals surface area contributed by atoms with Crippen LogP contribution in [0.2, 0.25) is 0 Å². The average Bonchev–Trinajstić information content (AvgIpc) is 2.32. The number of primary amides is 1. The average molecular weight is 266 g/mol. The molecule has 0 spiro atoms. The van der Waals surface area contributed by atoms with E-state index in [9.17, 15) is 9.59 Å². The first-order valence-electron chi connectivity index (χ1n) is 6.30. The monoisotopic (exact) mass is 266 g/mol. The molecule has 106 valence electrons. The Labute approximate surface area is 113 Å². The first kappa shape index (κ1) is 17.0. The highest BCUT2D eigenvalue weighted by molar-refractivity contribution is 5.82. The highest BCUT2D eigenvalue weighted by Crippen LogP contribution is 2.07. The summed E-state index contributed by atoms with van der Waals surface area (Å²) in [5.74, 6) is -0.182. The van der Waals surface area contributed by atoms with Gasteiger partial charge in [-0.3, -0.25) is 10.1 Å². The van der Waals surface area contributed by atoms with Crippen LogP contribution in [0.3, 0.4) is 0 Å². The largest absolute Gasteiger partial charge is 0.465 e. The summed E-state index contributed by atoms with van der Waals surface area (Å²) in [5.41, 5.74) is 6.61. The van der Waals surface area contributed by atoms with E-state index in [2.05, 4.69) is 12.2 Å². The third-order valence-electron chi connectivity index (χ3n) is 2.33. The van der Waals surface area contributed by atoms with E-state index in [-0.39, 0.29) is 5.91 Å². The summed E-state index contributed by atoms with van der Waals surface area (Å²) in [6, 6.07) is 7.16. The summed E-state index contributed by atoms with van der Waals surface area (Å²) < 4.78 is 0. The van der Waals surface area contributed by atoms with Crippen LogP contribution in [0.1, 0.15) is 38.2 Å². The number of carbonyl (C=O) groups is 2. The maximum atomic E-state index is 10.1. The minimum Gasteiger partial charge on any atom is -0.465 e. The molecule has 5 nitrogen and oxygen atoms in total. The molecule has 0 aliphatic rings. The second-order valence-electron chi connectivity index (χ2n) is 4.22. The van der Waals surface area contributed by atoms with E-state index in [1.54, 1.807) is 12.1 Å². The van der Waals surface area contributed by atoms with Gasteiger partial charge in [0.05, 0.1) is 0 Å². The quantitative estimate of drug-likeness (QED) is 0.715. The second kappa shape index (κ2) is 9.94. The van der Waals surface area contributed by atoms with Crippen LogP contribution in [-0.4, -0.2) is 17.1 Å². The molecule has 1 aromatic carbocycles. The molecule has 4 N–H and O–H groups in total. The summed E-state index contributed by atoms with van der Waals surface area (Å²) in [5, 5.41) is 10.6. The molecule has 0 unspecified atom stereocenters. The van der Waals surface area contributed by atoms with Gasteiger partial charge in [0.15, 0.2) is 0 Å². The van der Waals surface area contributed by atoms with E-state index < -0.39 is 6.09 Å². The van der Waals surface area contributed by atoms with Crippen molar-refractivity contribution in [2.45, 2.75) is 39.5 Å². The number of carboxylic acid groups (broad SMARTS) is 1. The lowest BCUT2D eigenvalue weighted by molar-refractivity contribution is -0.118. The minimum atomic E-state index is -1.03. The van der Waals surface area contributed by atoms with Crippen LogP contribution in [0.4, 0.5) is 10.5 Å². The van der Waals surface area contributed by atoms with Gasteiger partial charge in [-0.2, -0.15) is 0 Å². The Morgan fingerprint density at radius 1 is 1.21 bits per heavy atom. The van der Waals surface area contributed by atoms with Crippen LogP contribution in [0.15, 0.2) is 24.3 Å². The smallest absolute Gasteiger partial charge is 0.409 e. The summed E-state index contributed by atoms with van der Waals surface area (Å²) in [6.07, 6.45) is 2.73. The molecule has 0 fully saturated rings. The maximum Gasteiger partial charge on any atom is 0.409 e. The molecule has 0 heterocycles. The zero-order valence-corrected chi connectivity index (χ0v) is 11.5. The number of rotatable bonds is 5. The molecule has 0 radical (unpaired) electrons. The fraction of sp³-hybridized carbons (Fsp3) is 0.429. The lowest BCUT2D eigenvalue weighted by Crippen LogP contribution is -2.09. The first-order chi connectivity index (χ1) is 8.95. The van der Waals surface area contributed by atoms with Gasteiger partial charge in [-0.25, -0.2) is 4.79 Å². The molecule has 0 bridgehead atoms. The van der Waals surface area contributed by atoms with Crippen molar-refractivity contribution in [3.05, 3.63) is 29.8 Å². The van der Waals surface area contributed by atoms with E-state index in [0.29, 0.717) is 12.1 Å². The van der Waals surface area contributed by atoms with Crippen LogP contribution < -0.4 is 11.1 Å². The van der Waals surface area contributed by atoms with Gasteiger partial charge in [0, 0.05) is 12.1 Å². The molecule has 0 saturated carbocycles. The lowest BCUT2D eigenvalue weighted by atomic mass is 10.2. The van der Waals surface area contributed by atoms with E-state index >= 15 is 0 Å². The molecule has 0 aromatic heterocycles. The third kappa shape index (κ3) is 10.8. The predicted octanol–water partition coefficient (Wildman–Crippen LogP) is 3.14. The van der Waals surface area contributed by atoms with Gasteiger partial charge in [-0.05, 0) is 25.5 Å². The molecular weight excluding hydrogens is 244 g/mol. The number of nitrogens with one attached hydrogen (secondary N) is 1. The van der Waals surface area contributed by atoms with Crippen molar-refractivity contribution in [1.82, 2.24) is 0 Å². The standard InChI is InChI=1S/C8H9NO2.C6H13NO/c1-6-2-4-7(5-3-6)9-8(10)11;1-2-3-4-5-6(7)8/h2-5,9H,1H3,(H,10,11);2-5H2,1H3,(H2,7,8). The molecule has 5 heteroatoms. The van der Waals surface area contributed by atoms with Crippen molar-refractivity contribution in [2.24, 2.45) is 5.73 Å². The second-order valence-corrected chi connectivity index (χ2v) is 4.22. The summed E-state index contributed by atoms with van der Waals surface area (Å²) in [4.78, 5) is 20.2. The number of amides is 2. The fourth-order valence-electron chi connectivity index (χ4n) is 1.31. The first-order valence-corrected chi connectivity index (χ1v) is 6.30. The summed E-state index contributed by atoms with van der Waals surface area (Å²) in [6.45, 7) is 4.05. The number of unbranched alkanes of at least 4 members (excludes halogenated alkanes) is 2. The normalized spacial score (nSPS) is 9.16.